The van der Waals surface area contributed by atoms with Crippen molar-refractivity contribution in [3.63, 3.8) is 0 Å². The first-order chi connectivity index (χ1) is 7.81. The maximum absolute atomic E-state index is 6.25. The fourth-order valence-corrected chi connectivity index (χ4v) is 2.38. The van der Waals surface area contributed by atoms with E-state index in [2.05, 4.69) is 4.90 Å². The molecule has 4 heteroatoms. The van der Waals surface area contributed by atoms with Gasteiger partial charge in [-0.2, -0.15) is 0 Å². The lowest BCUT2D eigenvalue weighted by Gasteiger charge is -2.27. The number of methoxy groups -OCH3 is 1. The molecule has 0 amide bonds. The van der Waals surface area contributed by atoms with E-state index in [9.17, 15) is 0 Å². The van der Waals surface area contributed by atoms with E-state index in [1.807, 2.05) is 0 Å². The third-order valence-corrected chi connectivity index (χ3v) is 3.66. The van der Waals surface area contributed by atoms with Gasteiger partial charge < -0.3 is 15.2 Å². The molecule has 0 radical (unpaired) electrons. The Balaban J connectivity index is 1.74. The quantitative estimate of drug-likeness (QED) is 0.688. The molecule has 4 nitrogen and oxygen atoms in total. The number of ether oxygens (including phenoxy) is 2. The Morgan fingerprint density at radius 1 is 1.44 bits per heavy atom. The minimum atomic E-state index is 0.264. The van der Waals surface area contributed by atoms with E-state index in [0.717, 1.165) is 45.4 Å². The second-order valence-corrected chi connectivity index (χ2v) is 5.01. The van der Waals surface area contributed by atoms with Gasteiger partial charge in [-0.3, -0.25) is 4.90 Å². The lowest BCUT2D eigenvalue weighted by molar-refractivity contribution is 0.129. The molecule has 0 aromatic carbocycles. The number of nitrogens with zero attached hydrogens (tertiary/aromatic N) is 1. The zero-order valence-electron chi connectivity index (χ0n) is 10.2. The molecule has 2 N–H and O–H groups in total. The van der Waals surface area contributed by atoms with E-state index < -0.39 is 0 Å². The van der Waals surface area contributed by atoms with E-state index in [1.54, 1.807) is 7.11 Å². The summed E-state index contributed by atoms with van der Waals surface area (Å²) in [5.74, 6) is 0.559. The summed E-state index contributed by atoms with van der Waals surface area (Å²) in [4.78, 5) is 2.49. The second kappa shape index (κ2) is 5.96. The molecule has 1 saturated carbocycles. The molecule has 1 saturated heterocycles. The van der Waals surface area contributed by atoms with E-state index in [-0.39, 0.29) is 6.04 Å². The SMILES string of the molecule is COCCN(CC(N)C1CCOC1)C1CC1. The van der Waals surface area contributed by atoms with Crippen LogP contribution in [0, 0.1) is 5.92 Å². The summed E-state index contributed by atoms with van der Waals surface area (Å²) >= 11 is 0. The van der Waals surface area contributed by atoms with Crippen molar-refractivity contribution in [3.05, 3.63) is 0 Å². The molecule has 0 bridgehead atoms. The molecule has 2 unspecified atom stereocenters. The van der Waals surface area contributed by atoms with Crippen molar-refractivity contribution in [1.82, 2.24) is 4.90 Å². The van der Waals surface area contributed by atoms with Crippen LogP contribution in [0.2, 0.25) is 0 Å². The molecule has 0 aromatic heterocycles. The van der Waals surface area contributed by atoms with Crippen molar-refractivity contribution < 1.29 is 9.47 Å². The summed E-state index contributed by atoms with van der Waals surface area (Å²) < 4.78 is 10.5. The molecule has 0 aromatic rings. The van der Waals surface area contributed by atoms with Gasteiger partial charge in [0.1, 0.15) is 0 Å². The van der Waals surface area contributed by atoms with E-state index >= 15 is 0 Å². The molecule has 2 rings (SSSR count). The monoisotopic (exact) mass is 228 g/mol. The number of rotatable bonds is 7. The minimum absolute atomic E-state index is 0.264. The fraction of sp³-hybridized carbons (Fsp3) is 1.00. The van der Waals surface area contributed by atoms with Gasteiger partial charge in [-0.25, -0.2) is 0 Å². The Morgan fingerprint density at radius 2 is 2.25 bits per heavy atom. The molecule has 1 heterocycles. The molecular formula is C12H24N2O2. The lowest BCUT2D eigenvalue weighted by Crippen LogP contribution is -2.44. The predicted molar refractivity (Wildman–Crippen MR) is 63.4 cm³/mol. The topological polar surface area (TPSA) is 47.7 Å². The smallest absolute Gasteiger partial charge is 0.0589 e. The molecular weight excluding hydrogens is 204 g/mol. The average Bonchev–Trinajstić information content (AvgIpc) is 2.98. The number of hydrogen-bond donors (Lipinski definition) is 1. The van der Waals surface area contributed by atoms with Crippen LogP contribution < -0.4 is 5.73 Å². The van der Waals surface area contributed by atoms with E-state index in [0.29, 0.717) is 5.92 Å². The normalized spacial score (nSPS) is 27.6. The first-order valence-electron chi connectivity index (χ1n) is 6.37. The first kappa shape index (κ1) is 12.3. The molecule has 2 fully saturated rings. The van der Waals surface area contributed by atoms with Crippen molar-refractivity contribution in [2.75, 3.05) is 40.0 Å². The van der Waals surface area contributed by atoms with Gasteiger partial charge in [0.05, 0.1) is 13.2 Å². The molecule has 0 spiro atoms. The predicted octanol–water partition coefficient (Wildman–Crippen LogP) is 0.461. The maximum atomic E-state index is 6.25. The summed E-state index contributed by atoms with van der Waals surface area (Å²) in [5, 5.41) is 0. The van der Waals surface area contributed by atoms with E-state index in [4.69, 9.17) is 15.2 Å². The molecule has 2 aliphatic rings. The largest absolute Gasteiger partial charge is 0.383 e. The third-order valence-electron chi connectivity index (χ3n) is 3.66. The Bertz CT molecular complexity index is 203. The molecule has 2 atom stereocenters. The average molecular weight is 228 g/mol. The zero-order valence-corrected chi connectivity index (χ0v) is 10.2. The Hall–Kier alpha value is -0.160. The van der Waals surface area contributed by atoms with Gasteiger partial charge in [0.25, 0.3) is 0 Å². The van der Waals surface area contributed by atoms with Gasteiger partial charge in [-0.1, -0.05) is 0 Å². The maximum Gasteiger partial charge on any atom is 0.0589 e. The third kappa shape index (κ3) is 3.42. The molecule has 1 aliphatic carbocycles. The van der Waals surface area contributed by atoms with Crippen LogP contribution in [0.1, 0.15) is 19.3 Å². The van der Waals surface area contributed by atoms with Crippen molar-refractivity contribution in [2.24, 2.45) is 11.7 Å². The van der Waals surface area contributed by atoms with Gasteiger partial charge in [-0.05, 0) is 19.3 Å². The van der Waals surface area contributed by atoms with E-state index in [1.165, 1.54) is 12.8 Å². The highest BCUT2D eigenvalue weighted by molar-refractivity contribution is 4.88. The number of hydrogen-bond acceptors (Lipinski definition) is 4. The molecule has 1 aliphatic heterocycles. The van der Waals surface area contributed by atoms with Crippen LogP contribution in [0.3, 0.4) is 0 Å². The zero-order chi connectivity index (χ0) is 11.4. The summed E-state index contributed by atoms with van der Waals surface area (Å²) in [6.45, 7) is 4.57. The molecule has 16 heavy (non-hydrogen) atoms. The van der Waals surface area contributed by atoms with Crippen molar-refractivity contribution >= 4 is 0 Å². The van der Waals surface area contributed by atoms with Gasteiger partial charge in [-0.15, -0.1) is 0 Å². The first-order valence-corrected chi connectivity index (χ1v) is 6.37. The van der Waals surface area contributed by atoms with Crippen LogP contribution in [0.15, 0.2) is 0 Å². The second-order valence-electron chi connectivity index (χ2n) is 5.01. The van der Waals surface area contributed by atoms with Crippen LogP contribution in [0.25, 0.3) is 0 Å². The summed E-state index contributed by atoms with van der Waals surface area (Å²) in [6.07, 6.45) is 3.79. The lowest BCUT2D eigenvalue weighted by atomic mass is 9.99. The summed E-state index contributed by atoms with van der Waals surface area (Å²) in [7, 11) is 1.76. The van der Waals surface area contributed by atoms with Crippen molar-refractivity contribution in [2.45, 2.75) is 31.3 Å². The van der Waals surface area contributed by atoms with Crippen LogP contribution in [-0.2, 0) is 9.47 Å². The Morgan fingerprint density at radius 3 is 2.81 bits per heavy atom. The highest BCUT2D eigenvalue weighted by atomic mass is 16.5. The Labute approximate surface area is 98.1 Å². The Kier molecular flexibility index (Phi) is 4.58. The van der Waals surface area contributed by atoms with Crippen LogP contribution >= 0.6 is 0 Å². The number of nitrogens with two attached hydrogens (primary N) is 1. The highest BCUT2D eigenvalue weighted by Crippen LogP contribution is 2.27. The minimum Gasteiger partial charge on any atom is -0.383 e. The van der Waals surface area contributed by atoms with Crippen LogP contribution in [0.4, 0.5) is 0 Å². The summed E-state index contributed by atoms with van der Waals surface area (Å²) in [6, 6.07) is 1.03. The molecule has 94 valence electrons. The van der Waals surface area contributed by atoms with Crippen molar-refractivity contribution in [3.8, 4) is 0 Å². The van der Waals surface area contributed by atoms with Gasteiger partial charge in [0, 0.05) is 44.8 Å². The standard InChI is InChI=1S/C12H24N2O2/c1-15-7-5-14(11-2-3-11)8-12(13)10-4-6-16-9-10/h10-12H,2-9,13H2,1H3. The van der Waals surface area contributed by atoms with Gasteiger partial charge in [0.2, 0.25) is 0 Å². The van der Waals surface area contributed by atoms with Gasteiger partial charge in [0.15, 0.2) is 0 Å². The van der Waals surface area contributed by atoms with Crippen LogP contribution in [0.5, 0.6) is 0 Å². The fourth-order valence-electron chi connectivity index (χ4n) is 2.38. The van der Waals surface area contributed by atoms with Crippen LogP contribution in [-0.4, -0.2) is 57.0 Å². The van der Waals surface area contributed by atoms with Gasteiger partial charge >= 0.3 is 0 Å². The highest BCUT2D eigenvalue weighted by Gasteiger charge is 2.32. The van der Waals surface area contributed by atoms with Crippen molar-refractivity contribution in [1.29, 1.82) is 0 Å². The summed E-state index contributed by atoms with van der Waals surface area (Å²) in [5.41, 5.74) is 6.25.